The topological polar surface area (TPSA) is 212 Å². The molecule has 1 unspecified atom stereocenters. The third-order valence-electron chi connectivity index (χ3n) is 11.5. The van der Waals surface area contributed by atoms with Crippen molar-refractivity contribution < 1.29 is 29.4 Å². The van der Waals surface area contributed by atoms with Crippen LogP contribution in [0.2, 0.25) is 0 Å². The molecule has 0 radical (unpaired) electrons. The number of unbranched alkanes of at least 4 members (excludes halogenated alkanes) is 1. The van der Waals surface area contributed by atoms with Crippen LogP contribution in [0.15, 0.2) is 97.5 Å². The lowest BCUT2D eigenvalue weighted by atomic mass is 9.87. The lowest BCUT2D eigenvalue weighted by molar-refractivity contribution is -0.133. The first-order valence-electron chi connectivity index (χ1n) is 22.4. The normalized spacial score (nSPS) is 14.1. The Labute approximate surface area is 371 Å². The largest absolute Gasteiger partial charge is 0.395 e. The molecule has 0 saturated heterocycles. The van der Waals surface area contributed by atoms with Crippen molar-refractivity contribution >= 4 is 45.2 Å². The summed E-state index contributed by atoms with van der Waals surface area (Å²) < 4.78 is 0. The standard InChI is InChI=1S/C50H67N7O6/c1-32(2)23-43(46(59)28-47(60)55-44(24-33(3)4)49(62)53-22-10-9-19-39(51)30-58)56-50(63)45(27-40-29-52-31-54-40)57-48(61)38(25-36-17-11-15-34-13-5-7-20-41(34)36)26-37-18-12-16-35-14-6-8-21-42(35)37/h5-8,11-18,20-21,29,31-33,38-39,43-46,58-59H,9-10,19,22-28,30,51H2,1-4H3,(H,52,54)(H,53,62)(H,55,60)(H,56,63)(H,57,61)/t39?,43-,44-,45-,46-/m0/s1. The number of aromatic amines is 1. The summed E-state index contributed by atoms with van der Waals surface area (Å²) in [6.07, 6.45) is 5.24. The molecular formula is C50H67N7O6. The van der Waals surface area contributed by atoms with Crippen molar-refractivity contribution in [1.82, 2.24) is 31.2 Å². The van der Waals surface area contributed by atoms with Crippen LogP contribution in [-0.2, 0) is 38.4 Å². The maximum absolute atomic E-state index is 14.7. The zero-order chi connectivity index (χ0) is 45.3. The van der Waals surface area contributed by atoms with Crippen LogP contribution >= 0.6 is 0 Å². The molecular weight excluding hydrogens is 795 g/mol. The molecule has 0 aliphatic carbocycles. The van der Waals surface area contributed by atoms with E-state index in [1.165, 1.54) is 6.33 Å². The molecule has 0 spiro atoms. The van der Waals surface area contributed by atoms with Crippen LogP contribution in [0, 0.1) is 17.8 Å². The SMILES string of the molecule is CC(C)C[C@H](NC(=O)C[C@H](O)[C@H](CC(C)C)NC(=O)[C@H](Cc1cnc[nH]1)NC(=O)C(Cc1cccc2ccccc12)Cc1cccc2ccccc12)C(=O)NCCCCC(N)CO. The second-order valence-electron chi connectivity index (χ2n) is 17.7. The van der Waals surface area contributed by atoms with Gasteiger partial charge >= 0.3 is 0 Å². The van der Waals surface area contributed by atoms with Gasteiger partial charge in [-0.1, -0.05) is 119 Å². The number of aliphatic hydroxyl groups is 2. The molecule has 13 nitrogen and oxygen atoms in total. The molecule has 0 bridgehead atoms. The highest BCUT2D eigenvalue weighted by molar-refractivity contribution is 5.92. The van der Waals surface area contributed by atoms with Gasteiger partial charge in [-0.25, -0.2) is 4.98 Å². The number of imidazole rings is 1. The molecule has 5 aromatic rings. The second-order valence-corrected chi connectivity index (χ2v) is 17.7. The van der Waals surface area contributed by atoms with Crippen molar-refractivity contribution in [3.05, 3.63) is 114 Å². The highest BCUT2D eigenvalue weighted by Crippen LogP contribution is 2.27. The summed E-state index contributed by atoms with van der Waals surface area (Å²) in [5, 5.41) is 36.8. The predicted molar refractivity (Wildman–Crippen MR) is 248 cm³/mol. The number of fused-ring (bicyclic) bond motifs is 2. The van der Waals surface area contributed by atoms with Crippen LogP contribution in [0.4, 0.5) is 0 Å². The van der Waals surface area contributed by atoms with E-state index in [0.29, 0.717) is 50.8 Å². The fourth-order valence-electron chi connectivity index (χ4n) is 8.19. The summed E-state index contributed by atoms with van der Waals surface area (Å²) in [4.78, 5) is 63.0. The van der Waals surface area contributed by atoms with Crippen molar-refractivity contribution in [2.75, 3.05) is 13.2 Å². The average Bonchev–Trinajstić information content (AvgIpc) is 3.78. The van der Waals surface area contributed by atoms with E-state index in [4.69, 9.17) is 10.8 Å². The Hall–Kier alpha value is -5.63. The maximum atomic E-state index is 14.7. The van der Waals surface area contributed by atoms with Gasteiger partial charge in [-0.2, -0.15) is 0 Å². The Kier molecular flexibility index (Phi) is 18.7. The molecule has 1 aromatic heterocycles. The Balaban J connectivity index is 1.33. The van der Waals surface area contributed by atoms with Gasteiger partial charge in [0.1, 0.15) is 12.1 Å². The van der Waals surface area contributed by atoms with Crippen molar-refractivity contribution in [2.45, 2.75) is 116 Å². The number of H-pyrrole nitrogens is 1. The number of benzene rings is 4. The fraction of sp³-hybridized carbons (Fsp3) is 0.460. The molecule has 4 aromatic carbocycles. The van der Waals surface area contributed by atoms with Crippen LogP contribution in [-0.4, -0.2) is 87.2 Å². The minimum Gasteiger partial charge on any atom is -0.395 e. The molecule has 4 amide bonds. The van der Waals surface area contributed by atoms with E-state index < -0.39 is 42.0 Å². The molecule has 63 heavy (non-hydrogen) atoms. The molecule has 0 aliphatic rings. The van der Waals surface area contributed by atoms with E-state index in [2.05, 4.69) is 67.6 Å². The van der Waals surface area contributed by atoms with E-state index in [-0.39, 0.29) is 49.1 Å². The van der Waals surface area contributed by atoms with Crippen LogP contribution in [0.25, 0.3) is 21.5 Å². The minimum absolute atomic E-state index is 0.0332. The number of carbonyl (C=O) groups excluding carboxylic acids is 4. The summed E-state index contributed by atoms with van der Waals surface area (Å²) in [5.41, 5.74) is 8.47. The van der Waals surface area contributed by atoms with Gasteiger partial charge in [0, 0.05) is 36.8 Å². The van der Waals surface area contributed by atoms with Crippen molar-refractivity contribution in [3.8, 4) is 0 Å². The number of carbonyl (C=O) groups is 4. The first-order valence-corrected chi connectivity index (χ1v) is 22.4. The van der Waals surface area contributed by atoms with Gasteiger partial charge in [-0.3, -0.25) is 19.2 Å². The Morgan fingerprint density at radius 2 is 1.30 bits per heavy atom. The van der Waals surface area contributed by atoms with Gasteiger partial charge in [0.15, 0.2) is 0 Å². The smallest absolute Gasteiger partial charge is 0.243 e. The quantitative estimate of drug-likeness (QED) is 0.0362. The zero-order valence-electron chi connectivity index (χ0n) is 37.2. The summed E-state index contributed by atoms with van der Waals surface area (Å²) in [5.74, 6) is -2.06. The number of nitrogens with zero attached hydrogens (tertiary/aromatic N) is 1. The summed E-state index contributed by atoms with van der Waals surface area (Å²) in [6, 6.07) is 25.4. The molecule has 0 saturated carbocycles. The predicted octanol–water partition coefficient (Wildman–Crippen LogP) is 5.26. The van der Waals surface area contributed by atoms with E-state index in [1.54, 1.807) is 6.20 Å². The van der Waals surface area contributed by atoms with Gasteiger partial charge in [-0.05, 0) is 83.0 Å². The summed E-state index contributed by atoms with van der Waals surface area (Å²) >= 11 is 0. The second kappa shape index (κ2) is 24.3. The van der Waals surface area contributed by atoms with Gasteiger partial charge < -0.3 is 42.2 Å². The van der Waals surface area contributed by atoms with E-state index in [9.17, 15) is 24.3 Å². The molecule has 0 fully saturated rings. The lowest BCUT2D eigenvalue weighted by Gasteiger charge is -2.29. The first kappa shape index (κ1) is 48.4. The van der Waals surface area contributed by atoms with Gasteiger partial charge in [0.25, 0.3) is 0 Å². The molecule has 0 aliphatic heterocycles. The van der Waals surface area contributed by atoms with Crippen LogP contribution in [0.1, 0.15) is 83.0 Å². The van der Waals surface area contributed by atoms with Crippen molar-refractivity contribution in [2.24, 2.45) is 23.5 Å². The van der Waals surface area contributed by atoms with Crippen molar-refractivity contribution in [3.63, 3.8) is 0 Å². The van der Waals surface area contributed by atoms with Crippen LogP contribution in [0.5, 0.6) is 0 Å². The summed E-state index contributed by atoms with van der Waals surface area (Å²) in [6.45, 7) is 8.14. The van der Waals surface area contributed by atoms with E-state index >= 15 is 0 Å². The average molecular weight is 862 g/mol. The van der Waals surface area contributed by atoms with E-state index in [0.717, 1.165) is 39.1 Å². The number of nitrogens with one attached hydrogen (secondary N) is 5. The molecule has 1 heterocycles. The number of nitrogens with two attached hydrogens (primary N) is 1. The molecule has 5 rings (SSSR count). The number of hydrogen-bond acceptors (Lipinski definition) is 8. The Morgan fingerprint density at radius 3 is 1.87 bits per heavy atom. The third-order valence-corrected chi connectivity index (χ3v) is 11.5. The number of aromatic nitrogens is 2. The van der Waals surface area contributed by atoms with E-state index in [1.807, 2.05) is 76.2 Å². The lowest BCUT2D eigenvalue weighted by Crippen LogP contribution is -2.55. The summed E-state index contributed by atoms with van der Waals surface area (Å²) in [7, 11) is 0. The number of aliphatic hydroxyl groups excluding tert-OH is 2. The van der Waals surface area contributed by atoms with Crippen LogP contribution < -0.4 is 27.0 Å². The maximum Gasteiger partial charge on any atom is 0.243 e. The highest BCUT2D eigenvalue weighted by Gasteiger charge is 2.32. The molecule has 5 atom stereocenters. The number of hydrogen-bond donors (Lipinski definition) is 8. The number of amides is 4. The Morgan fingerprint density at radius 1 is 0.698 bits per heavy atom. The minimum atomic E-state index is -1.29. The van der Waals surface area contributed by atoms with Crippen LogP contribution in [0.3, 0.4) is 0 Å². The van der Waals surface area contributed by atoms with Gasteiger partial charge in [-0.15, -0.1) is 0 Å². The zero-order valence-corrected chi connectivity index (χ0v) is 37.2. The van der Waals surface area contributed by atoms with Gasteiger partial charge in [0.05, 0.1) is 31.5 Å². The highest BCUT2D eigenvalue weighted by atomic mass is 16.3. The Bertz CT molecular complexity index is 2140. The monoisotopic (exact) mass is 862 g/mol. The van der Waals surface area contributed by atoms with Gasteiger partial charge in [0.2, 0.25) is 23.6 Å². The van der Waals surface area contributed by atoms with Crippen molar-refractivity contribution in [1.29, 1.82) is 0 Å². The first-order chi connectivity index (χ1) is 30.3. The molecule has 338 valence electrons. The fourth-order valence-corrected chi connectivity index (χ4v) is 8.19. The number of rotatable bonds is 25. The molecule has 9 N–H and O–H groups in total. The third kappa shape index (κ3) is 15.0. The molecule has 13 heteroatoms.